The van der Waals surface area contributed by atoms with Crippen LogP contribution in [-0.2, 0) is 9.59 Å². The zero-order chi connectivity index (χ0) is 19.9. The quantitative estimate of drug-likeness (QED) is 0.795. The number of amides is 4. The number of carbonyl (C=O) groups excluding carboxylic acids is 3. The van der Waals surface area contributed by atoms with E-state index in [2.05, 4.69) is 10.6 Å². The van der Waals surface area contributed by atoms with Crippen LogP contribution in [-0.4, -0.2) is 43.4 Å². The van der Waals surface area contributed by atoms with Crippen LogP contribution >= 0.6 is 0 Å². The van der Waals surface area contributed by atoms with Crippen LogP contribution in [0, 0.1) is 5.41 Å². The number of ether oxygens (including phenoxy) is 1. The summed E-state index contributed by atoms with van der Waals surface area (Å²) in [6.07, 6.45) is 0. The monoisotopic (exact) mass is 379 g/mol. The molecule has 2 N–H and O–H groups in total. The van der Waals surface area contributed by atoms with Gasteiger partial charge in [0.25, 0.3) is 0 Å². The van der Waals surface area contributed by atoms with Gasteiger partial charge in [0.15, 0.2) is 5.41 Å². The molecule has 0 radical (unpaired) electrons. The van der Waals surface area contributed by atoms with E-state index < -0.39 is 35.2 Å². The van der Waals surface area contributed by atoms with Crippen molar-refractivity contribution in [3.63, 3.8) is 0 Å². The summed E-state index contributed by atoms with van der Waals surface area (Å²) in [4.78, 5) is 40.2. The van der Waals surface area contributed by atoms with Gasteiger partial charge in [0.2, 0.25) is 11.8 Å². The molecule has 2 unspecified atom stereocenters. The van der Waals surface area contributed by atoms with Crippen molar-refractivity contribution >= 4 is 17.8 Å². The van der Waals surface area contributed by atoms with E-state index in [1.165, 1.54) is 0 Å². The number of likely N-dealkylation sites (N-methyl/N-ethyl adjacent to an activating group) is 1. The minimum absolute atomic E-state index is 0.404. The molecule has 4 amide bonds. The summed E-state index contributed by atoms with van der Waals surface area (Å²) < 4.78 is 5.23. The molecule has 2 saturated heterocycles. The topological polar surface area (TPSA) is 87.7 Å². The van der Waals surface area contributed by atoms with Gasteiger partial charge in [-0.25, -0.2) is 4.79 Å². The van der Waals surface area contributed by atoms with Crippen molar-refractivity contribution in [2.75, 3.05) is 20.7 Å². The van der Waals surface area contributed by atoms with Crippen molar-refractivity contribution < 1.29 is 19.1 Å². The van der Waals surface area contributed by atoms with Crippen LogP contribution in [0.15, 0.2) is 54.6 Å². The van der Waals surface area contributed by atoms with Gasteiger partial charge in [-0.3, -0.25) is 25.1 Å². The third-order valence-corrected chi connectivity index (χ3v) is 5.73. The van der Waals surface area contributed by atoms with Crippen molar-refractivity contribution in [2.24, 2.45) is 5.41 Å². The zero-order valence-electron chi connectivity index (χ0n) is 15.6. The highest BCUT2D eigenvalue weighted by Crippen LogP contribution is 2.55. The number of benzene rings is 2. The molecule has 2 aromatic carbocycles. The lowest BCUT2D eigenvalue weighted by atomic mass is 9.66. The Bertz CT molecular complexity index is 906. The number of barbiturate groups is 1. The molecule has 1 spiro atoms. The number of rotatable bonds is 3. The third-order valence-electron chi connectivity index (χ3n) is 5.73. The standard InChI is InChI=1S/C21H21N3O4/c1-24-12-16(13-6-4-3-5-7-13)21(18(25)22-20(27)23-19(21)26)17(24)14-8-10-15(28-2)11-9-14/h3-11,16-17H,12H2,1-2H3,(H2,22,23,25,26,27). The maximum Gasteiger partial charge on any atom is 0.328 e. The van der Waals surface area contributed by atoms with E-state index in [1.54, 1.807) is 19.2 Å². The number of imide groups is 2. The summed E-state index contributed by atoms with van der Waals surface area (Å²) in [6.45, 7) is 0.496. The molecular weight excluding hydrogens is 358 g/mol. The second kappa shape index (κ2) is 6.76. The molecule has 2 aromatic rings. The molecule has 2 atom stereocenters. The molecule has 0 saturated carbocycles. The normalized spacial score (nSPS) is 24.1. The molecule has 2 heterocycles. The van der Waals surface area contributed by atoms with E-state index >= 15 is 0 Å². The van der Waals surface area contributed by atoms with Gasteiger partial charge >= 0.3 is 6.03 Å². The smallest absolute Gasteiger partial charge is 0.328 e. The summed E-state index contributed by atoms with van der Waals surface area (Å²) in [5.74, 6) is -0.856. The largest absolute Gasteiger partial charge is 0.497 e. The highest BCUT2D eigenvalue weighted by Gasteiger charge is 2.65. The van der Waals surface area contributed by atoms with E-state index in [1.807, 2.05) is 54.4 Å². The Balaban J connectivity index is 1.89. The van der Waals surface area contributed by atoms with Crippen molar-refractivity contribution in [3.05, 3.63) is 65.7 Å². The van der Waals surface area contributed by atoms with Gasteiger partial charge in [-0.2, -0.15) is 0 Å². The fourth-order valence-corrected chi connectivity index (χ4v) is 4.55. The number of nitrogens with one attached hydrogen (secondary N) is 2. The van der Waals surface area contributed by atoms with E-state index in [0.29, 0.717) is 12.3 Å². The molecule has 28 heavy (non-hydrogen) atoms. The van der Waals surface area contributed by atoms with Crippen molar-refractivity contribution in [1.29, 1.82) is 0 Å². The SMILES string of the molecule is COc1ccc(C2N(C)CC(c3ccccc3)C23C(=O)NC(=O)NC3=O)cc1. The molecular formula is C21H21N3O4. The first-order valence-electron chi connectivity index (χ1n) is 9.04. The summed E-state index contributed by atoms with van der Waals surface area (Å²) >= 11 is 0. The number of hydrogen-bond acceptors (Lipinski definition) is 5. The number of urea groups is 1. The van der Waals surface area contributed by atoms with E-state index in [4.69, 9.17) is 4.74 Å². The molecule has 2 fully saturated rings. The number of methoxy groups -OCH3 is 1. The fourth-order valence-electron chi connectivity index (χ4n) is 4.55. The number of nitrogens with zero attached hydrogens (tertiary/aromatic N) is 1. The molecule has 0 aromatic heterocycles. The van der Waals surface area contributed by atoms with Gasteiger partial charge in [-0.1, -0.05) is 42.5 Å². The van der Waals surface area contributed by atoms with E-state index in [-0.39, 0.29) is 0 Å². The minimum atomic E-state index is -1.46. The molecule has 0 aliphatic carbocycles. The highest BCUT2D eigenvalue weighted by atomic mass is 16.5. The van der Waals surface area contributed by atoms with Gasteiger partial charge in [-0.05, 0) is 30.3 Å². The molecule has 2 aliphatic heterocycles. The number of likely N-dealkylation sites (tertiary alicyclic amines) is 1. The Morgan fingerprint density at radius 1 is 0.929 bits per heavy atom. The molecule has 144 valence electrons. The predicted molar refractivity (Wildman–Crippen MR) is 102 cm³/mol. The predicted octanol–water partition coefficient (Wildman–Crippen LogP) is 1.82. The van der Waals surface area contributed by atoms with Crippen LogP contribution in [0.3, 0.4) is 0 Å². The van der Waals surface area contributed by atoms with Crippen LogP contribution < -0.4 is 15.4 Å². The zero-order valence-corrected chi connectivity index (χ0v) is 15.6. The Kier molecular flexibility index (Phi) is 4.39. The van der Waals surface area contributed by atoms with Gasteiger partial charge in [0.05, 0.1) is 13.2 Å². The van der Waals surface area contributed by atoms with Gasteiger partial charge in [-0.15, -0.1) is 0 Å². The van der Waals surface area contributed by atoms with Crippen LogP contribution in [0.1, 0.15) is 23.1 Å². The Labute approximate surface area is 162 Å². The van der Waals surface area contributed by atoms with Crippen LogP contribution in [0.2, 0.25) is 0 Å². The number of hydrogen-bond donors (Lipinski definition) is 2. The van der Waals surface area contributed by atoms with Crippen molar-refractivity contribution in [3.8, 4) is 5.75 Å². The maximum atomic E-state index is 13.2. The third kappa shape index (κ3) is 2.58. The Morgan fingerprint density at radius 2 is 1.54 bits per heavy atom. The molecule has 4 rings (SSSR count). The Hall–Kier alpha value is -3.19. The molecule has 0 bridgehead atoms. The highest BCUT2D eigenvalue weighted by molar-refractivity contribution is 6.20. The first-order chi connectivity index (χ1) is 13.5. The van der Waals surface area contributed by atoms with Gasteiger partial charge < -0.3 is 4.74 Å². The molecule has 7 nitrogen and oxygen atoms in total. The molecule has 7 heteroatoms. The number of carbonyl (C=O) groups is 3. The maximum absolute atomic E-state index is 13.2. The van der Waals surface area contributed by atoms with Crippen LogP contribution in [0.25, 0.3) is 0 Å². The average molecular weight is 379 g/mol. The summed E-state index contributed by atoms with van der Waals surface area (Å²) in [7, 11) is 3.47. The second-order valence-electron chi connectivity index (χ2n) is 7.18. The fraction of sp³-hybridized carbons (Fsp3) is 0.286. The van der Waals surface area contributed by atoms with Gasteiger partial charge in [0.1, 0.15) is 5.75 Å². The van der Waals surface area contributed by atoms with Crippen molar-refractivity contribution in [2.45, 2.75) is 12.0 Å². The summed E-state index contributed by atoms with van der Waals surface area (Å²) in [5.41, 5.74) is 0.227. The molecule has 2 aliphatic rings. The average Bonchev–Trinajstić information content (AvgIpc) is 3.01. The van der Waals surface area contributed by atoms with E-state index in [9.17, 15) is 14.4 Å². The summed E-state index contributed by atoms with van der Waals surface area (Å²) in [6, 6.07) is 15.5. The second-order valence-corrected chi connectivity index (χ2v) is 7.18. The van der Waals surface area contributed by atoms with Crippen LogP contribution in [0.4, 0.5) is 4.79 Å². The lowest BCUT2D eigenvalue weighted by molar-refractivity contribution is -0.147. The van der Waals surface area contributed by atoms with Gasteiger partial charge in [0, 0.05) is 12.5 Å². The Morgan fingerprint density at radius 3 is 2.11 bits per heavy atom. The first kappa shape index (κ1) is 18.2. The lowest BCUT2D eigenvalue weighted by Crippen LogP contribution is -2.65. The lowest BCUT2D eigenvalue weighted by Gasteiger charge is -2.40. The summed E-state index contributed by atoms with van der Waals surface area (Å²) in [5, 5.41) is 4.65. The van der Waals surface area contributed by atoms with E-state index in [0.717, 1.165) is 11.1 Å². The van der Waals surface area contributed by atoms with Crippen molar-refractivity contribution in [1.82, 2.24) is 15.5 Å². The first-order valence-corrected chi connectivity index (χ1v) is 9.04. The van der Waals surface area contributed by atoms with Crippen LogP contribution in [0.5, 0.6) is 5.75 Å². The minimum Gasteiger partial charge on any atom is -0.497 e.